The van der Waals surface area contributed by atoms with Crippen molar-refractivity contribution in [3.05, 3.63) is 78.2 Å². The fourth-order valence-corrected chi connectivity index (χ4v) is 5.89. The first-order valence-electron chi connectivity index (χ1n) is 13.5. The largest absolute Gasteiger partial charge is 0.340 e. The summed E-state index contributed by atoms with van der Waals surface area (Å²) in [5.74, 6) is 0.509. The Hall–Kier alpha value is -3.65. The number of hydrogen-bond acceptors (Lipinski definition) is 5. The number of nitrogens with zero attached hydrogens (tertiary/aromatic N) is 6. The number of carbonyl (C=O) groups excluding carboxylic acids is 1. The van der Waals surface area contributed by atoms with Gasteiger partial charge in [-0.15, -0.1) is 0 Å². The van der Waals surface area contributed by atoms with E-state index in [-0.39, 0.29) is 24.8 Å². The highest BCUT2D eigenvalue weighted by atomic mass is 19.1. The van der Waals surface area contributed by atoms with Gasteiger partial charge in [-0.3, -0.25) is 19.7 Å². The normalized spacial score (nSPS) is 18.6. The van der Waals surface area contributed by atoms with Gasteiger partial charge in [0.2, 0.25) is 0 Å². The molecule has 0 aliphatic carbocycles. The van der Waals surface area contributed by atoms with Crippen LogP contribution in [0.1, 0.15) is 42.9 Å². The summed E-state index contributed by atoms with van der Waals surface area (Å²) in [5, 5.41) is 0. The van der Waals surface area contributed by atoms with E-state index in [4.69, 9.17) is 4.98 Å². The Kier molecular flexibility index (Phi) is 6.66. The molecule has 1 amide bonds. The first-order valence-corrected chi connectivity index (χ1v) is 13.5. The average molecular weight is 513 g/mol. The predicted octanol–water partition coefficient (Wildman–Crippen LogP) is 4.97. The Morgan fingerprint density at radius 2 is 1.76 bits per heavy atom. The number of piperidine rings is 2. The number of fused-ring (bicyclic) bond motifs is 1. The van der Waals surface area contributed by atoms with E-state index in [1.807, 2.05) is 30.3 Å². The smallest absolute Gasteiger partial charge is 0.260 e. The molecular weight excluding hydrogens is 479 g/mol. The molecule has 0 radical (unpaired) electrons. The molecule has 38 heavy (non-hydrogen) atoms. The number of carbonyl (C=O) groups is 1. The van der Waals surface area contributed by atoms with Crippen molar-refractivity contribution < 1.29 is 9.18 Å². The molecule has 0 N–H and O–H groups in total. The minimum absolute atomic E-state index is 0.168. The molecule has 196 valence electrons. The van der Waals surface area contributed by atoms with Gasteiger partial charge >= 0.3 is 0 Å². The average Bonchev–Trinajstić information content (AvgIpc) is 3.34. The van der Waals surface area contributed by atoms with Gasteiger partial charge in [0.1, 0.15) is 5.69 Å². The van der Waals surface area contributed by atoms with Crippen LogP contribution in [-0.4, -0.2) is 67.1 Å². The summed E-state index contributed by atoms with van der Waals surface area (Å²) in [7, 11) is 0. The van der Waals surface area contributed by atoms with Crippen molar-refractivity contribution in [1.82, 2.24) is 29.3 Å². The zero-order chi connectivity index (χ0) is 26.1. The molecule has 5 heterocycles. The third-order valence-electron chi connectivity index (χ3n) is 8.04. The number of imidazole rings is 1. The van der Waals surface area contributed by atoms with Crippen LogP contribution in [0.15, 0.2) is 67.1 Å². The van der Waals surface area contributed by atoms with Gasteiger partial charge in [-0.1, -0.05) is 12.1 Å². The van der Waals surface area contributed by atoms with Gasteiger partial charge in [0.25, 0.3) is 5.91 Å². The van der Waals surface area contributed by atoms with E-state index in [0.29, 0.717) is 26.2 Å². The van der Waals surface area contributed by atoms with Crippen LogP contribution in [0.25, 0.3) is 22.6 Å². The summed E-state index contributed by atoms with van der Waals surface area (Å²) in [4.78, 5) is 30.9. The van der Waals surface area contributed by atoms with E-state index in [0.717, 1.165) is 53.1 Å². The molecule has 8 heteroatoms. The second kappa shape index (κ2) is 10.3. The highest BCUT2D eigenvalue weighted by Crippen LogP contribution is 2.35. The zero-order valence-electron chi connectivity index (χ0n) is 21.8. The number of benzene rings is 1. The summed E-state index contributed by atoms with van der Waals surface area (Å²) in [6.07, 6.45) is 7.34. The number of hydrogen-bond donors (Lipinski definition) is 0. The summed E-state index contributed by atoms with van der Waals surface area (Å²) in [5.41, 5.74) is 3.40. The maximum absolute atomic E-state index is 15.9. The van der Waals surface area contributed by atoms with E-state index >= 15 is 4.39 Å². The SMILES string of the molecule is Cc1ccc2c(c1)nc(-c1ccccn1)n2C1CCN(C(=O)C2(F)CCN(Cc3ccncc3)CC2)CC1. The Labute approximate surface area is 222 Å². The summed E-state index contributed by atoms with van der Waals surface area (Å²) in [6.45, 7) is 5.07. The van der Waals surface area contributed by atoms with Crippen molar-refractivity contribution >= 4 is 16.9 Å². The molecule has 2 aliphatic heterocycles. The number of halogens is 1. The molecule has 1 aromatic carbocycles. The lowest BCUT2D eigenvalue weighted by Gasteiger charge is -2.40. The van der Waals surface area contributed by atoms with Crippen molar-refractivity contribution in [3.63, 3.8) is 0 Å². The number of aromatic nitrogens is 4. The third kappa shape index (κ3) is 4.80. The summed E-state index contributed by atoms with van der Waals surface area (Å²) < 4.78 is 18.2. The van der Waals surface area contributed by atoms with Crippen LogP contribution >= 0.6 is 0 Å². The number of likely N-dealkylation sites (tertiary alicyclic amines) is 2. The van der Waals surface area contributed by atoms with Gasteiger partial charge in [0.05, 0.1) is 11.0 Å². The Bertz CT molecular complexity index is 1410. The van der Waals surface area contributed by atoms with Crippen molar-refractivity contribution in [2.45, 2.75) is 50.9 Å². The molecule has 0 unspecified atom stereocenters. The van der Waals surface area contributed by atoms with Crippen molar-refractivity contribution in [2.24, 2.45) is 0 Å². The number of pyridine rings is 2. The topological polar surface area (TPSA) is 67.2 Å². The standard InChI is InChI=1S/C30H33FN6O/c1-22-5-6-27-26(20-22)34-28(25-4-2-3-13-33-25)37(27)24-9-16-36(17-10-24)29(38)30(31)11-18-35(19-12-30)21-23-7-14-32-15-8-23/h2-8,13-15,20,24H,9-12,16-19,21H2,1H3. The van der Waals surface area contributed by atoms with Crippen LogP contribution < -0.4 is 0 Å². The van der Waals surface area contributed by atoms with E-state index in [1.165, 1.54) is 0 Å². The first kappa shape index (κ1) is 24.7. The molecule has 0 spiro atoms. The highest BCUT2D eigenvalue weighted by molar-refractivity contribution is 5.85. The molecule has 0 saturated carbocycles. The van der Waals surface area contributed by atoms with E-state index in [1.54, 1.807) is 23.5 Å². The quantitative estimate of drug-likeness (QED) is 0.378. The van der Waals surface area contributed by atoms with Crippen molar-refractivity contribution in [2.75, 3.05) is 26.2 Å². The van der Waals surface area contributed by atoms with E-state index < -0.39 is 5.67 Å². The Balaban J connectivity index is 1.14. The van der Waals surface area contributed by atoms with Crippen molar-refractivity contribution in [1.29, 1.82) is 0 Å². The maximum atomic E-state index is 15.9. The van der Waals surface area contributed by atoms with Crippen LogP contribution in [0, 0.1) is 6.92 Å². The molecule has 4 aromatic rings. The van der Waals surface area contributed by atoms with Gasteiger partial charge in [0.15, 0.2) is 11.5 Å². The number of rotatable bonds is 5. The fourth-order valence-electron chi connectivity index (χ4n) is 5.89. The first-order chi connectivity index (χ1) is 18.5. The molecule has 3 aromatic heterocycles. The van der Waals surface area contributed by atoms with Gasteiger partial charge in [-0.2, -0.15) is 0 Å². The maximum Gasteiger partial charge on any atom is 0.260 e. The minimum Gasteiger partial charge on any atom is -0.340 e. The number of aryl methyl sites for hydroxylation is 1. The summed E-state index contributed by atoms with van der Waals surface area (Å²) in [6, 6.07) is 16.3. The lowest BCUT2D eigenvalue weighted by molar-refractivity contribution is -0.148. The van der Waals surface area contributed by atoms with Crippen LogP contribution in [-0.2, 0) is 11.3 Å². The lowest BCUT2D eigenvalue weighted by Crippen LogP contribution is -2.53. The highest BCUT2D eigenvalue weighted by Gasteiger charge is 2.45. The molecule has 0 bridgehead atoms. The fraction of sp³-hybridized carbons (Fsp3) is 0.400. The van der Waals surface area contributed by atoms with Crippen LogP contribution in [0.4, 0.5) is 4.39 Å². The zero-order valence-corrected chi connectivity index (χ0v) is 21.8. The molecule has 2 fully saturated rings. The predicted molar refractivity (Wildman–Crippen MR) is 145 cm³/mol. The molecule has 2 aliphatic rings. The Morgan fingerprint density at radius 3 is 2.47 bits per heavy atom. The monoisotopic (exact) mass is 512 g/mol. The van der Waals surface area contributed by atoms with E-state index in [9.17, 15) is 4.79 Å². The molecule has 2 saturated heterocycles. The van der Waals surface area contributed by atoms with E-state index in [2.05, 4.69) is 44.6 Å². The molecule has 0 atom stereocenters. The van der Waals surface area contributed by atoms with Gasteiger partial charge < -0.3 is 9.47 Å². The third-order valence-corrected chi connectivity index (χ3v) is 8.04. The summed E-state index contributed by atoms with van der Waals surface area (Å²) >= 11 is 0. The molecule has 7 nitrogen and oxygen atoms in total. The minimum atomic E-state index is -1.78. The number of alkyl halides is 1. The second-order valence-corrected chi connectivity index (χ2v) is 10.6. The van der Waals surface area contributed by atoms with Crippen molar-refractivity contribution in [3.8, 4) is 11.5 Å². The molecule has 6 rings (SSSR count). The second-order valence-electron chi connectivity index (χ2n) is 10.6. The van der Waals surface area contributed by atoms with Crippen LogP contribution in [0.2, 0.25) is 0 Å². The van der Waals surface area contributed by atoms with Gasteiger partial charge in [-0.25, -0.2) is 9.37 Å². The van der Waals surface area contributed by atoms with Crippen LogP contribution in [0.5, 0.6) is 0 Å². The Morgan fingerprint density at radius 1 is 1.00 bits per heavy atom. The van der Waals surface area contributed by atoms with Crippen LogP contribution in [0.3, 0.4) is 0 Å². The van der Waals surface area contributed by atoms with Gasteiger partial charge in [-0.05, 0) is 67.3 Å². The molecular formula is C30H33FN6O. The number of amides is 1. The van der Waals surface area contributed by atoms with Gasteiger partial charge in [0, 0.05) is 70.2 Å². The lowest BCUT2D eigenvalue weighted by atomic mass is 9.90.